The van der Waals surface area contributed by atoms with E-state index in [1.54, 1.807) is 6.07 Å². The summed E-state index contributed by atoms with van der Waals surface area (Å²) < 4.78 is 39.1. The summed E-state index contributed by atoms with van der Waals surface area (Å²) in [5.41, 5.74) is 7.38. The first-order chi connectivity index (χ1) is 10.8. The van der Waals surface area contributed by atoms with Gasteiger partial charge in [0.1, 0.15) is 0 Å². The third kappa shape index (κ3) is 4.56. The van der Waals surface area contributed by atoms with Crippen LogP contribution in [0.2, 0.25) is 0 Å². The topological polar surface area (TPSA) is 47.1 Å². The number of nitrogens with zero attached hydrogens (tertiary/aromatic N) is 3. The van der Waals surface area contributed by atoms with E-state index < -0.39 is 11.9 Å². The lowest BCUT2D eigenvalue weighted by Crippen LogP contribution is -2.21. The van der Waals surface area contributed by atoms with E-state index in [0.29, 0.717) is 12.2 Å². The Morgan fingerprint density at radius 3 is 2.57 bits per heavy atom. The number of halogens is 3. The minimum absolute atomic E-state index is 0.617. The van der Waals surface area contributed by atoms with Crippen molar-refractivity contribution in [2.24, 2.45) is 5.73 Å². The molecule has 0 aliphatic carbocycles. The van der Waals surface area contributed by atoms with E-state index in [4.69, 9.17) is 5.73 Å². The second-order valence-electron chi connectivity index (χ2n) is 5.63. The van der Waals surface area contributed by atoms with Crippen molar-refractivity contribution < 1.29 is 13.2 Å². The molecule has 0 atom stereocenters. The van der Waals surface area contributed by atoms with Gasteiger partial charge < -0.3 is 10.6 Å². The molecule has 0 saturated heterocycles. The molecule has 2 rings (SSSR count). The number of alkyl halides is 3. The van der Waals surface area contributed by atoms with E-state index in [-0.39, 0.29) is 0 Å². The predicted octanol–water partition coefficient (Wildman–Crippen LogP) is 2.98. The molecule has 1 aromatic heterocycles. The van der Waals surface area contributed by atoms with Gasteiger partial charge in [0.15, 0.2) is 5.69 Å². The molecule has 4 nitrogen and oxygen atoms in total. The summed E-state index contributed by atoms with van der Waals surface area (Å²) in [6.07, 6.45) is -2.17. The van der Waals surface area contributed by atoms with Crippen molar-refractivity contribution in [3.05, 3.63) is 47.3 Å². The van der Waals surface area contributed by atoms with Crippen LogP contribution in [0.5, 0.6) is 0 Å². The highest BCUT2D eigenvalue weighted by Crippen LogP contribution is 2.28. The van der Waals surface area contributed by atoms with Crippen molar-refractivity contribution in [1.82, 2.24) is 14.7 Å². The van der Waals surface area contributed by atoms with Gasteiger partial charge in [0, 0.05) is 12.7 Å². The van der Waals surface area contributed by atoms with Crippen LogP contribution in [0.25, 0.3) is 5.69 Å². The van der Waals surface area contributed by atoms with Crippen LogP contribution in [-0.4, -0.2) is 34.8 Å². The smallest absolute Gasteiger partial charge is 0.330 e. The first-order valence-electron chi connectivity index (χ1n) is 7.42. The molecular formula is C16H21F3N4. The summed E-state index contributed by atoms with van der Waals surface area (Å²) in [5.74, 6) is 0. The number of hydrogen-bond donors (Lipinski definition) is 1. The van der Waals surface area contributed by atoms with Crippen LogP contribution >= 0.6 is 0 Å². The maximum absolute atomic E-state index is 12.6. The first-order valence-corrected chi connectivity index (χ1v) is 7.42. The van der Waals surface area contributed by atoms with Gasteiger partial charge in [-0.3, -0.25) is 0 Å². The van der Waals surface area contributed by atoms with Gasteiger partial charge in [0.05, 0.1) is 5.69 Å². The highest BCUT2D eigenvalue weighted by molar-refractivity contribution is 5.39. The summed E-state index contributed by atoms with van der Waals surface area (Å²) >= 11 is 0. The van der Waals surface area contributed by atoms with Crippen molar-refractivity contribution >= 4 is 0 Å². The van der Waals surface area contributed by atoms with E-state index in [9.17, 15) is 13.2 Å². The normalized spacial score (nSPS) is 12.1. The number of nitrogens with two attached hydrogens (primary N) is 1. The van der Waals surface area contributed by atoms with Gasteiger partial charge in [-0.2, -0.15) is 18.3 Å². The fraction of sp³-hybridized carbons (Fsp3) is 0.438. The van der Waals surface area contributed by atoms with Gasteiger partial charge in [0.2, 0.25) is 0 Å². The SMILES string of the molecule is Cc1cc(-n2ccc(C(F)(F)F)n2)ccc1CN(C)CCCN. The zero-order chi connectivity index (χ0) is 17.0. The average molecular weight is 326 g/mol. The highest BCUT2D eigenvalue weighted by atomic mass is 19.4. The first kappa shape index (κ1) is 17.5. The van der Waals surface area contributed by atoms with Gasteiger partial charge >= 0.3 is 6.18 Å². The van der Waals surface area contributed by atoms with Crippen LogP contribution < -0.4 is 5.73 Å². The Morgan fingerprint density at radius 1 is 1.26 bits per heavy atom. The lowest BCUT2D eigenvalue weighted by atomic mass is 10.1. The number of benzene rings is 1. The summed E-state index contributed by atoms with van der Waals surface area (Å²) in [5, 5.41) is 3.59. The average Bonchev–Trinajstić information content (AvgIpc) is 2.97. The van der Waals surface area contributed by atoms with E-state index in [2.05, 4.69) is 10.00 Å². The van der Waals surface area contributed by atoms with Crippen LogP contribution in [-0.2, 0) is 12.7 Å². The minimum Gasteiger partial charge on any atom is -0.330 e. The summed E-state index contributed by atoms with van der Waals surface area (Å²) in [7, 11) is 2.02. The standard InChI is InChI=1S/C16H21F3N4/c1-12-10-14(23-9-6-15(21-23)16(17,18)19)5-4-13(12)11-22(2)8-3-7-20/h4-6,9-10H,3,7-8,11,20H2,1-2H3. The predicted molar refractivity (Wildman–Crippen MR) is 83.3 cm³/mol. The fourth-order valence-electron chi connectivity index (χ4n) is 2.35. The molecule has 0 spiro atoms. The molecular weight excluding hydrogens is 305 g/mol. The second-order valence-corrected chi connectivity index (χ2v) is 5.63. The molecule has 0 saturated carbocycles. The Bertz CT molecular complexity index is 649. The summed E-state index contributed by atoms with van der Waals surface area (Å²) in [6.45, 7) is 4.29. The van der Waals surface area contributed by atoms with Crippen LogP contribution in [0.15, 0.2) is 30.5 Å². The maximum atomic E-state index is 12.6. The van der Waals surface area contributed by atoms with Crippen LogP contribution in [0, 0.1) is 6.92 Å². The zero-order valence-corrected chi connectivity index (χ0v) is 13.3. The van der Waals surface area contributed by atoms with Crippen molar-refractivity contribution in [3.63, 3.8) is 0 Å². The van der Waals surface area contributed by atoms with Gasteiger partial charge in [-0.25, -0.2) is 4.68 Å². The van der Waals surface area contributed by atoms with E-state index in [1.807, 2.05) is 26.1 Å². The maximum Gasteiger partial charge on any atom is 0.435 e. The Labute approximate surface area is 133 Å². The molecule has 23 heavy (non-hydrogen) atoms. The van der Waals surface area contributed by atoms with Crippen LogP contribution in [0.1, 0.15) is 23.2 Å². The van der Waals surface area contributed by atoms with Gasteiger partial charge in [-0.15, -0.1) is 0 Å². The zero-order valence-electron chi connectivity index (χ0n) is 13.3. The highest BCUT2D eigenvalue weighted by Gasteiger charge is 2.33. The molecule has 0 aliphatic heterocycles. The second kappa shape index (κ2) is 7.14. The summed E-state index contributed by atoms with van der Waals surface area (Å²) in [6, 6.07) is 6.54. The van der Waals surface area contributed by atoms with Crippen LogP contribution in [0.3, 0.4) is 0 Å². The molecule has 7 heteroatoms. The molecule has 126 valence electrons. The van der Waals surface area contributed by atoms with Crippen molar-refractivity contribution in [1.29, 1.82) is 0 Å². The number of aryl methyl sites for hydroxylation is 1. The van der Waals surface area contributed by atoms with E-state index in [0.717, 1.165) is 36.7 Å². The quantitative estimate of drug-likeness (QED) is 0.888. The molecule has 2 N–H and O–H groups in total. The third-order valence-electron chi connectivity index (χ3n) is 3.65. The number of aromatic nitrogens is 2. The largest absolute Gasteiger partial charge is 0.435 e. The Kier molecular flexibility index (Phi) is 5.43. The van der Waals surface area contributed by atoms with Gasteiger partial charge in [0.25, 0.3) is 0 Å². The molecule has 0 amide bonds. The molecule has 0 aliphatic rings. The fourth-order valence-corrected chi connectivity index (χ4v) is 2.35. The summed E-state index contributed by atoms with van der Waals surface area (Å²) in [4.78, 5) is 2.17. The van der Waals surface area contributed by atoms with Crippen molar-refractivity contribution in [3.8, 4) is 5.69 Å². The molecule has 0 bridgehead atoms. The molecule has 0 unspecified atom stereocenters. The van der Waals surface area contributed by atoms with Gasteiger partial charge in [-0.1, -0.05) is 6.07 Å². The molecule has 1 aromatic carbocycles. The lowest BCUT2D eigenvalue weighted by Gasteiger charge is -2.18. The van der Waals surface area contributed by atoms with E-state index in [1.165, 1.54) is 10.9 Å². The Morgan fingerprint density at radius 2 is 2.00 bits per heavy atom. The van der Waals surface area contributed by atoms with Crippen molar-refractivity contribution in [2.75, 3.05) is 20.1 Å². The van der Waals surface area contributed by atoms with Crippen molar-refractivity contribution in [2.45, 2.75) is 26.1 Å². The van der Waals surface area contributed by atoms with Crippen LogP contribution in [0.4, 0.5) is 13.2 Å². The minimum atomic E-state index is -4.42. The lowest BCUT2D eigenvalue weighted by molar-refractivity contribution is -0.141. The third-order valence-corrected chi connectivity index (χ3v) is 3.65. The number of hydrogen-bond acceptors (Lipinski definition) is 3. The monoisotopic (exact) mass is 326 g/mol. The molecule has 0 radical (unpaired) electrons. The van der Waals surface area contributed by atoms with Gasteiger partial charge in [-0.05, 0) is 62.8 Å². The molecule has 2 aromatic rings. The van der Waals surface area contributed by atoms with E-state index >= 15 is 0 Å². The Balaban J connectivity index is 2.14. The molecule has 1 heterocycles. The molecule has 0 fully saturated rings. The number of rotatable bonds is 6. The Hall–Kier alpha value is -1.86.